The monoisotopic (exact) mass is 370 g/mol. The van der Waals surface area contributed by atoms with E-state index in [0.29, 0.717) is 29.6 Å². The average molecular weight is 370 g/mol. The zero-order chi connectivity index (χ0) is 19.0. The van der Waals surface area contributed by atoms with Crippen LogP contribution in [0.25, 0.3) is 16.5 Å². The van der Waals surface area contributed by atoms with E-state index in [9.17, 15) is 13.2 Å². The van der Waals surface area contributed by atoms with Crippen LogP contribution in [-0.2, 0) is 12.7 Å². The maximum Gasteiger partial charge on any atom is 0.416 e. The molecule has 3 heterocycles. The molecule has 0 amide bonds. The number of aromatic amines is 1. The van der Waals surface area contributed by atoms with E-state index in [0.717, 1.165) is 23.0 Å². The number of allylic oxidation sites excluding steroid dienone is 3. The number of nitrogens with one attached hydrogen (secondary N) is 1. The Balaban J connectivity index is 1.80. The van der Waals surface area contributed by atoms with E-state index in [4.69, 9.17) is 0 Å². The van der Waals surface area contributed by atoms with Gasteiger partial charge in [-0.2, -0.15) is 18.3 Å². The smallest absolute Gasteiger partial charge is 0.365 e. The number of alkyl halides is 3. The second kappa shape index (κ2) is 6.57. The van der Waals surface area contributed by atoms with E-state index >= 15 is 0 Å². The summed E-state index contributed by atoms with van der Waals surface area (Å²) in [6.45, 7) is 3.20. The molecule has 0 saturated heterocycles. The lowest BCUT2D eigenvalue weighted by Gasteiger charge is -2.29. The molecular weight excluding hydrogens is 353 g/mol. The molecule has 1 aliphatic rings. The molecule has 1 N–H and O–H groups in total. The molecule has 0 bridgehead atoms. The van der Waals surface area contributed by atoms with Gasteiger partial charge in [-0.25, -0.2) is 0 Å². The third kappa shape index (κ3) is 3.32. The summed E-state index contributed by atoms with van der Waals surface area (Å²) >= 11 is 0. The molecule has 3 aromatic rings. The van der Waals surface area contributed by atoms with Gasteiger partial charge in [-0.05, 0) is 36.8 Å². The third-order valence-corrected chi connectivity index (χ3v) is 4.73. The van der Waals surface area contributed by atoms with Gasteiger partial charge in [0.2, 0.25) is 0 Å². The van der Waals surface area contributed by atoms with Gasteiger partial charge in [0.1, 0.15) is 0 Å². The topological polar surface area (TPSA) is 44.8 Å². The second-order valence-corrected chi connectivity index (χ2v) is 6.46. The average Bonchev–Trinajstić information content (AvgIpc) is 3.12. The molecule has 1 aromatic carbocycles. The van der Waals surface area contributed by atoms with E-state index in [1.165, 1.54) is 6.07 Å². The van der Waals surface area contributed by atoms with Crippen LogP contribution < -0.4 is 0 Å². The molecule has 138 valence electrons. The fourth-order valence-electron chi connectivity index (χ4n) is 3.32. The number of hydrogen-bond donors (Lipinski definition) is 1. The number of fused-ring (bicyclic) bond motifs is 1. The van der Waals surface area contributed by atoms with Crippen molar-refractivity contribution in [1.29, 1.82) is 0 Å². The highest BCUT2D eigenvalue weighted by Gasteiger charge is 2.32. The maximum absolute atomic E-state index is 13.3. The summed E-state index contributed by atoms with van der Waals surface area (Å²) in [7, 11) is 0. The van der Waals surface area contributed by atoms with E-state index in [1.54, 1.807) is 12.4 Å². The standard InChI is InChI=1S/C20H17F3N4/c1-13-16(6-4-8-27(13)12-15-5-2-3-7-24-15)17-9-14(20(21,22)23)10-19-18(17)11-25-26-19/h2-7,9-11H,8,12H2,1H3,(H,25,26). The van der Waals surface area contributed by atoms with Gasteiger partial charge in [-0.3, -0.25) is 10.1 Å². The summed E-state index contributed by atoms with van der Waals surface area (Å²) < 4.78 is 40.0. The van der Waals surface area contributed by atoms with Gasteiger partial charge in [0.15, 0.2) is 0 Å². The summed E-state index contributed by atoms with van der Waals surface area (Å²) in [5, 5.41) is 7.25. The van der Waals surface area contributed by atoms with Crippen molar-refractivity contribution in [2.45, 2.75) is 19.6 Å². The number of hydrogen-bond acceptors (Lipinski definition) is 3. The number of aromatic nitrogens is 3. The zero-order valence-corrected chi connectivity index (χ0v) is 14.6. The van der Waals surface area contributed by atoms with Crippen molar-refractivity contribution in [1.82, 2.24) is 20.1 Å². The molecule has 0 unspecified atom stereocenters. The van der Waals surface area contributed by atoms with Crippen LogP contribution >= 0.6 is 0 Å². The summed E-state index contributed by atoms with van der Waals surface area (Å²) in [5.74, 6) is 0. The first-order valence-electron chi connectivity index (χ1n) is 8.50. The maximum atomic E-state index is 13.3. The van der Waals surface area contributed by atoms with Crippen LogP contribution in [0.3, 0.4) is 0 Å². The predicted octanol–water partition coefficient (Wildman–Crippen LogP) is 4.78. The van der Waals surface area contributed by atoms with Crippen LogP contribution in [0.2, 0.25) is 0 Å². The summed E-state index contributed by atoms with van der Waals surface area (Å²) in [6, 6.07) is 8.00. The van der Waals surface area contributed by atoms with Gasteiger partial charge < -0.3 is 4.90 Å². The van der Waals surface area contributed by atoms with Crippen LogP contribution in [0.15, 0.2) is 60.6 Å². The van der Waals surface area contributed by atoms with Crippen molar-refractivity contribution >= 4 is 16.5 Å². The van der Waals surface area contributed by atoms with Crippen molar-refractivity contribution in [3.05, 3.63) is 77.4 Å². The van der Waals surface area contributed by atoms with Gasteiger partial charge in [0.25, 0.3) is 0 Å². The van der Waals surface area contributed by atoms with Crippen LogP contribution in [-0.4, -0.2) is 26.6 Å². The number of benzene rings is 1. The summed E-state index contributed by atoms with van der Waals surface area (Å²) in [4.78, 5) is 6.44. The highest BCUT2D eigenvalue weighted by Crippen LogP contribution is 2.37. The molecule has 2 aromatic heterocycles. The Hall–Kier alpha value is -3.09. The highest BCUT2D eigenvalue weighted by atomic mass is 19.4. The quantitative estimate of drug-likeness (QED) is 0.722. The largest absolute Gasteiger partial charge is 0.416 e. The Bertz CT molecular complexity index is 1030. The molecule has 0 aliphatic carbocycles. The lowest BCUT2D eigenvalue weighted by Crippen LogP contribution is -2.25. The SMILES string of the molecule is CC1=C(c2cc(C(F)(F)F)cc3[nH]ncc23)C=CCN1Cc1ccccn1. The van der Waals surface area contributed by atoms with E-state index in [1.807, 2.05) is 37.3 Å². The zero-order valence-electron chi connectivity index (χ0n) is 14.6. The molecule has 7 heteroatoms. The Kier molecular flexibility index (Phi) is 4.22. The van der Waals surface area contributed by atoms with Crippen LogP contribution in [0.1, 0.15) is 23.7 Å². The summed E-state index contributed by atoms with van der Waals surface area (Å²) in [6.07, 6.45) is 2.71. The van der Waals surface area contributed by atoms with Crippen molar-refractivity contribution < 1.29 is 13.2 Å². The van der Waals surface area contributed by atoms with E-state index < -0.39 is 11.7 Å². The fourth-order valence-corrected chi connectivity index (χ4v) is 3.32. The summed E-state index contributed by atoms with van der Waals surface area (Å²) in [5.41, 5.74) is 2.77. The van der Waals surface area contributed by atoms with Gasteiger partial charge in [0.05, 0.1) is 29.5 Å². The van der Waals surface area contributed by atoms with E-state index in [-0.39, 0.29) is 0 Å². The van der Waals surface area contributed by atoms with Crippen LogP contribution in [0.5, 0.6) is 0 Å². The molecule has 0 fully saturated rings. The Morgan fingerprint density at radius 3 is 2.81 bits per heavy atom. The Morgan fingerprint density at radius 2 is 2.07 bits per heavy atom. The first-order chi connectivity index (χ1) is 12.9. The minimum Gasteiger partial charge on any atom is -0.365 e. The minimum absolute atomic E-state index is 0.371. The van der Waals surface area contributed by atoms with E-state index in [2.05, 4.69) is 20.1 Å². The van der Waals surface area contributed by atoms with Gasteiger partial charge >= 0.3 is 6.18 Å². The van der Waals surface area contributed by atoms with Crippen LogP contribution in [0.4, 0.5) is 13.2 Å². The molecule has 27 heavy (non-hydrogen) atoms. The lowest BCUT2D eigenvalue weighted by molar-refractivity contribution is -0.137. The van der Waals surface area contributed by atoms with Crippen LogP contribution in [0, 0.1) is 0 Å². The third-order valence-electron chi connectivity index (χ3n) is 4.73. The first-order valence-corrected chi connectivity index (χ1v) is 8.50. The lowest BCUT2D eigenvalue weighted by atomic mass is 9.95. The molecule has 0 radical (unpaired) electrons. The van der Waals surface area contributed by atoms with Crippen molar-refractivity contribution in [2.24, 2.45) is 0 Å². The molecule has 0 atom stereocenters. The van der Waals surface area contributed by atoms with Crippen molar-refractivity contribution in [2.75, 3.05) is 6.54 Å². The number of H-pyrrole nitrogens is 1. The van der Waals surface area contributed by atoms with Crippen molar-refractivity contribution in [3.63, 3.8) is 0 Å². The number of nitrogens with zero attached hydrogens (tertiary/aromatic N) is 3. The number of halogens is 3. The molecule has 4 rings (SSSR count). The van der Waals surface area contributed by atoms with Gasteiger partial charge in [-0.15, -0.1) is 0 Å². The molecular formula is C20H17F3N4. The van der Waals surface area contributed by atoms with Gasteiger partial charge in [-0.1, -0.05) is 18.2 Å². The highest BCUT2D eigenvalue weighted by molar-refractivity contribution is 5.95. The van der Waals surface area contributed by atoms with Gasteiger partial charge in [0, 0.05) is 29.4 Å². The second-order valence-electron chi connectivity index (χ2n) is 6.46. The molecule has 4 nitrogen and oxygen atoms in total. The first kappa shape index (κ1) is 17.3. The predicted molar refractivity (Wildman–Crippen MR) is 97.5 cm³/mol. The van der Waals surface area contributed by atoms with Crippen molar-refractivity contribution in [3.8, 4) is 0 Å². The Labute approximate surface area is 154 Å². The Morgan fingerprint density at radius 1 is 1.22 bits per heavy atom. The normalized spacial score (nSPS) is 15.0. The molecule has 0 spiro atoms. The minimum atomic E-state index is -4.42. The molecule has 1 aliphatic heterocycles. The number of pyridine rings is 1. The fraction of sp³-hybridized carbons (Fsp3) is 0.200. The number of rotatable bonds is 3. The molecule has 0 saturated carbocycles.